The van der Waals surface area contributed by atoms with Crippen molar-refractivity contribution in [3.63, 3.8) is 0 Å². The van der Waals surface area contributed by atoms with Gasteiger partial charge in [-0.15, -0.1) is 11.3 Å². The summed E-state index contributed by atoms with van der Waals surface area (Å²) in [5.74, 6) is -0.512. The monoisotopic (exact) mass is 501 g/mol. The summed E-state index contributed by atoms with van der Waals surface area (Å²) in [6, 6.07) is 16.6. The lowest BCUT2D eigenvalue weighted by atomic mass is 10.2. The van der Waals surface area contributed by atoms with Crippen molar-refractivity contribution in [2.75, 3.05) is 16.8 Å². The van der Waals surface area contributed by atoms with Crippen molar-refractivity contribution in [1.82, 2.24) is 0 Å². The average Bonchev–Trinajstić information content (AvgIpc) is 3.10. The van der Waals surface area contributed by atoms with Gasteiger partial charge in [0.15, 0.2) is 0 Å². The number of para-hydroxylation sites is 2. The topological polar surface area (TPSA) is 61.8 Å². The molecule has 4 rings (SSSR count). The van der Waals surface area contributed by atoms with Crippen LogP contribution in [0.1, 0.15) is 16.9 Å². The first kappa shape index (κ1) is 20.8. The molecule has 0 unspecified atom stereocenters. The zero-order valence-electron chi connectivity index (χ0n) is 16.0. The lowest BCUT2D eigenvalue weighted by molar-refractivity contribution is -0.120. The van der Waals surface area contributed by atoms with Gasteiger partial charge in [0.1, 0.15) is 6.54 Å². The quantitative estimate of drug-likeness (QED) is 0.478. The highest BCUT2D eigenvalue weighted by molar-refractivity contribution is 9.11. The largest absolute Gasteiger partial charge is 0.323 e. The van der Waals surface area contributed by atoms with Gasteiger partial charge in [0.25, 0.3) is 0 Å². The van der Waals surface area contributed by atoms with Crippen LogP contribution < -0.4 is 10.2 Å². The molecule has 30 heavy (non-hydrogen) atoms. The molecule has 1 aliphatic rings. The summed E-state index contributed by atoms with van der Waals surface area (Å²) in [6.45, 7) is 1.74. The summed E-state index contributed by atoms with van der Waals surface area (Å²) >= 11 is 11.3. The van der Waals surface area contributed by atoms with E-state index in [9.17, 15) is 9.59 Å². The van der Waals surface area contributed by atoms with Crippen LogP contribution in [0.25, 0.3) is 0 Å². The number of carbonyl (C=O) groups is 2. The number of rotatable bonds is 4. The number of thiophene rings is 1. The first-order valence-electron chi connectivity index (χ1n) is 9.20. The van der Waals surface area contributed by atoms with Gasteiger partial charge in [-0.1, -0.05) is 35.9 Å². The third-order valence-electron chi connectivity index (χ3n) is 4.67. The van der Waals surface area contributed by atoms with Crippen LogP contribution in [-0.2, 0) is 9.59 Å². The van der Waals surface area contributed by atoms with Crippen LogP contribution in [0.2, 0.25) is 5.02 Å². The van der Waals surface area contributed by atoms with E-state index in [1.165, 1.54) is 16.2 Å². The van der Waals surface area contributed by atoms with Crippen molar-refractivity contribution in [2.45, 2.75) is 13.3 Å². The number of fused-ring (bicyclic) bond motifs is 1. The van der Waals surface area contributed by atoms with Crippen LogP contribution in [0.3, 0.4) is 0 Å². The number of aryl methyl sites for hydroxylation is 1. The maximum atomic E-state index is 13.1. The van der Waals surface area contributed by atoms with Crippen molar-refractivity contribution < 1.29 is 9.59 Å². The minimum atomic E-state index is -0.326. The van der Waals surface area contributed by atoms with Crippen LogP contribution >= 0.6 is 38.9 Å². The van der Waals surface area contributed by atoms with Crippen molar-refractivity contribution in [3.8, 4) is 0 Å². The van der Waals surface area contributed by atoms with E-state index >= 15 is 0 Å². The summed E-state index contributed by atoms with van der Waals surface area (Å²) in [5, 5.41) is 3.30. The molecule has 2 amide bonds. The van der Waals surface area contributed by atoms with Crippen molar-refractivity contribution in [3.05, 3.63) is 73.8 Å². The molecule has 152 valence electrons. The molecule has 0 atom stereocenters. The Hall–Kier alpha value is -2.48. The molecule has 2 heterocycles. The molecular weight excluding hydrogens is 486 g/mol. The molecule has 0 aliphatic carbocycles. The Morgan fingerprint density at radius 2 is 2.00 bits per heavy atom. The van der Waals surface area contributed by atoms with Crippen LogP contribution in [0.15, 0.2) is 63.4 Å². The Morgan fingerprint density at radius 3 is 2.77 bits per heavy atom. The minimum Gasteiger partial charge on any atom is -0.323 e. The number of benzene rings is 2. The predicted octanol–water partition coefficient (Wildman–Crippen LogP) is 5.97. The van der Waals surface area contributed by atoms with Crippen LogP contribution in [0.4, 0.5) is 17.1 Å². The fourth-order valence-electron chi connectivity index (χ4n) is 3.21. The second kappa shape index (κ2) is 8.71. The van der Waals surface area contributed by atoms with E-state index in [1.54, 1.807) is 12.1 Å². The minimum absolute atomic E-state index is 0.111. The highest BCUT2D eigenvalue weighted by Gasteiger charge is 2.27. The number of amides is 2. The van der Waals surface area contributed by atoms with E-state index in [1.807, 2.05) is 49.4 Å². The molecule has 3 aromatic rings. The fourth-order valence-corrected chi connectivity index (χ4v) is 4.75. The molecular formula is C22H17BrClN3O2S. The SMILES string of the molecule is Cc1cccc(NC(=O)CN2C(=O)CC(c3ccc(Br)s3)=Nc3ccccc32)c1Cl. The second-order valence-corrected chi connectivity index (χ2v) is 9.63. The summed E-state index contributed by atoms with van der Waals surface area (Å²) in [4.78, 5) is 33.0. The molecule has 0 fully saturated rings. The number of carbonyl (C=O) groups excluding carboxylic acids is 2. The molecule has 0 saturated carbocycles. The van der Waals surface area contributed by atoms with Gasteiger partial charge in [0.05, 0.1) is 42.9 Å². The number of halogens is 2. The molecule has 8 heteroatoms. The van der Waals surface area contributed by atoms with Gasteiger partial charge in [-0.2, -0.15) is 0 Å². The zero-order chi connectivity index (χ0) is 21.3. The van der Waals surface area contributed by atoms with E-state index in [4.69, 9.17) is 16.6 Å². The molecule has 0 spiro atoms. The molecule has 1 aromatic heterocycles. The number of nitrogens with one attached hydrogen (secondary N) is 1. The predicted molar refractivity (Wildman–Crippen MR) is 126 cm³/mol. The van der Waals surface area contributed by atoms with Gasteiger partial charge in [-0.05, 0) is 58.7 Å². The van der Waals surface area contributed by atoms with E-state index < -0.39 is 0 Å². The Kier molecular flexibility index (Phi) is 6.04. The lowest BCUT2D eigenvalue weighted by Crippen LogP contribution is -2.38. The summed E-state index contributed by atoms with van der Waals surface area (Å²) in [7, 11) is 0. The highest BCUT2D eigenvalue weighted by atomic mass is 79.9. The van der Waals surface area contributed by atoms with Crippen LogP contribution in [0, 0.1) is 6.92 Å². The molecule has 1 N–H and O–H groups in total. The van der Waals surface area contributed by atoms with Gasteiger partial charge in [0.2, 0.25) is 11.8 Å². The number of nitrogens with zero attached hydrogens (tertiary/aromatic N) is 2. The van der Waals surface area contributed by atoms with Gasteiger partial charge in [-0.3, -0.25) is 9.59 Å². The van der Waals surface area contributed by atoms with Gasteiger partial charge < -0.3 is 10.2 Å². The number of anilines is 2. The Bertz CT molecular complexity index is 1170. The zero-order valence-corrected chi connectivity index (χ0v) is 19.1. The summed E-state index contributed by atoms with van der Waals surface area (Å²) in [5.41, 5.74) is 3.35. The fraction of sp³-hybridized carbons (Fsp3) is 0.136. The molecule has 2 aromatic carbocycles. The third kappa shape index (κ3) is 4.33. The highest BCUT2D eigenvalue weighted by Crippen LogP contribution is 2.34. The normalized spacial score (nSPS) is 13.5. The Morgan fingerprint density at radius 1 is 1.20 bits per heavy atom. The maximum Gasteiger partial charge on any atom is 0.244 e. The van der Waals surface area contributed by atoms with E-state index in [0.29, 0.717) is 27.8 Å². The molecule has 0 radical (unpaired) electrons. The molecule has 1 aliphatic heterocycles. The summed E-state index contributed by atoms with van der Waals surface area (Å²) < 4.78 is 0.969. The smallest absolute Gasteiger partial charge is 0.244 e. The average molecular weight is 503 g/mol. The standard InChI is InChI=1S/C22H17BrClN3O2S/c1-13-5-4-7-15(22(13)24)26-20(28)12-27-17-8-3-2-6-14(17)25-16(11-21(27)29)18-9-10-19(23)30-18/h2-10H,11-12H2,1H3,(H,26,28). The first-order chi connectivity index (χ1) is 14.4. The van der Waals surface area contributed by atoms with Gasteiger partial charge in [0, 0.05) is 0 Å². The number of hydrogen-bond acceptors (Lipinski definition) is 4. The van der Waals surface area contributed by atoms with Crippen molar-refractivity contribution >= 4 is 73.5 Å². The van der Waals surface area contributed by atoms with E-state index in [-0.39, 0.29) is 24.8 Å². The van der Waals surface area contributed by atoms with E-state index in [2.05, 4.69) is 21.2 Å². The number of hydrogen-bond donors (Lipinski definition) is 1. The van der Waals surface area contributed by atoms with Crippen molar-refractivity contribution in [1.29, 1.82) is 0 Å². The molecule has 0 bridgehead atoms. The van der Waals surface area contributed by atoms with Gasteiger partial charge in [-0.25, -0.2) is 4.99 Å². The van der Waals surface area contributed by atoms with E-state index in [0.717, 1.165) is 14.2 Å². The first-order valence-corrected chi connectivity index (χ1v) is 11.2. The lowest BCUT2D eigenvalue weighted by Gasteiger charge is -2.22. The maximum absolute atomic E-state index is 13.1. The molecule has 5 nitrogen and oxygen atoms in total. The van der Waals surface area contributed by atoms with Gasteiger partial charge >= 0.3 is 0 Å². The third-order valence-corrected chi connectivity index (χ3v) is 6.85. The second-order valence-electron chi connectivity index (χ2n) is 6.79. The van der Waals surface area contributed by atoms with Crippen LogP contribution in [-0.4, -0.2) is 24.1 Å². The summed E-state index contributed by atoms with van der Waals surface area (Å²) in [6.07, 6.45) is 0.111. The number of aliphatic imine (C=N–C) groups is 1. The Balaban J connectivity index is 1.61. The Labute approximate surface area is 191 Å². The van der Waals surface area contributed by atoms with Crippen molar-refractivity contribution in [2.24, 2.45) is 4.99 Å². The molecule has 0 saturated heterocycles. The van der Waals surface area contributed by atoms with Crippen LogP contribution in [0.5, 0.6) is 0 Å².